The zero-order valence-corrected chi connectivity index (χ0v) is 11.5. The summed E-state index contributed by atoms with van der Waals surface area (Å²) < 4.78 is 10.5. The van der Waals surface area contributed by atoms with Crippen molar-refractivity contribution < 1.29 is 14.1 Å². The monoisotopic (exact) mass is 288 g/mol. The number of nitrogens with one attached hydrogen (secondary N) is 1. The summed E-state index contributed by atoms with van der Waals surface area (Å²) in [5.41, 5.74) is 0.773. The molecule has 1 N–H and O–H groups in total. The van der Waals surface area contributed by atoms with Crippen LogP contribution in [0.4, 0.5) is 0 Å². The molecule has 0 aromatic carbocycles. The number of aromatic nitrogens is 3. The van der Waals surface area contributed by atoms with E-state index in [1.165, 1.54) is 0 Å². The third-order valence-corrected chi connectivity index (χ3v) is 3.27. The van der Waals surface area contributed by atoms with E-state index in [9.17, 15) is 4.79 Å². The lowest BCUT2D eigenvalue weighted by Gasteiger charge is -2.21. The van der Waals surface area contributed by atoms with Gasteiger partial charge in [-0.1, -0.05) is 5.16 Å². The van der Waals surface area contributed by atoms with E-state index in [2.05, 4.69) is 20.4 Å². The van der Waals surface area contributed by atoms with Gasteiger partial charge in [-0.2, -0.15) is 4.98 Å². The minimum atomic E-state index is -0.362. The van der Waals surface area contributed by atoms with Crippen LogP contribution in [-0.2, 0) is 16.1 Å². The van der Waals surface area contributed by atoms with Crippen LogP contribution in [0.5, 0.6) is 0 Å². The summed E-state index contributed by atoms with van der Waals surface area (Å²) in [7, 11) is 0. The van der Waals surface area contributed by atoms with Gasteiger partial charge >= 0.3 is 0 Å². The van der Waals surface area contributed by atoms with E-state index < -0.39 is 0 Å². The molecular weight excluding hydrogens is 272 g/mol. The third kappa shape index (κ3) is 3.43. The molecular formula is C14H16N4O3. The van der Waals surface area contributed by atoms with Crippen molar-refractivity contribution in [3.05, 3.63) is 30.4 Å². The standard InChI is InChI=1S/C14H16N4O3/c19-14(11-5-1-2-7-20-11)16-9-12-17-13(18-21-12)10-4-3-6-15-8-10/h3-4,6,8,11H,1-2,5,7,9H2,(H,16,19)/t11-/m1/s1. The Balaban J connectivity index is 1.56. The average Bonchev–Trinajstić information content (AvgIpc) is 3.03. The predicted molar refractivity (Wildman–Crippen MR) is 73.0 cm³/mol. The number of pyridine rings is 1. The first-order valence-electron chi connectivity index (χ1n) is 6.95. The highest BCUT2D eigenvalue weighted by Gasteiger charge is 2.22. The molecule has 2 aromatic heterocycles. The Morgan fingerprint density at radius 3 is 3.14 bits per heavy atom. The number of hydrogen-bond donors (Lipinski definition) is 1. The second-order valence-electron chi connectivity index (χ2n) is 4.83. The van der Waals surface area contributed by atoms with Crippen molar-refractivity contribution in [2.45, 2.75) is 31.9 Å². The maximum atomic E-state index is 11.9. The van der Waals surface area contributed by atoms with Gasteiger partial charge in [0.25, 0.3) is 0 Å². The number of nitrogens with zero attached hydrogens (tertiary/aromatic N) is 3. The first-order valence-corrected chi connectivity index (χ1v) is 6.95. The highest BCUT2D eigenvalue weighted by molar-refractivity contribution is 5.80. The van der Waals surface area contributed by atoms with Gasteiger partial charge in [0.15, 0.2) is 0 Å². The summed E-state index contributed by atoms with van der Waals surface area (Å²) in [5.74, 6) is 0.690. The molecule has 0 aliphatic carbocycles. The lowest BCUT2D eigenvalue weighted by Crippen LogP contribution is -2.38. The zero-order valence-electron chi connectivity index (χ0n) is 11.5. The Morgan fingerprint density at radius 2 is 2.38 bits per heavy atom. The third-order valence-electron chi connectivity index (χ3n) is 3.27. The minimum absolute atomic E-state index is 0.129. The van der Waals surface area contributed by atoms with Crippen molar-refractivity contribution in [2.75, 3.05) is 6.61 Å². The molecule has 7 heteroatoms. The molecule has 110 valence electrons. The van der Waals surface area contributed by atoms with Gasteiger partial charge in [-0.05, 0) is 31.4 Å². The first-order chi connectivity index (χ1) is 10.3. The molecule has 0 bridgehead atoms. The maximum Gasteiger partial charge on any atom is 0.249 e. The van der Waals surface area contributed by atoms with Gasteiger partial charge in [-0.3, -0.25) is 9.78 Å². The van der Waals surface area contributed by atoms with E-state index >= 15 is 0 Å². The fraction of sp³-hybridized carbons (Fsp3) is 0.429. The molecule has 1 aliphatic heterocycles. The smallest absolute Gasteiger partial charge is 0.249 e. The Bertz CT molecular complexity index is 593. The molecule has 0 spiro atoms. The van der Waals surface area contributed by atoms with Crippen LogP contribution in [0.25, 0.3) is 11.4 Å². The average molecular weight is 288 g/mol. The van der Waals surface area contributed by atoms with Gasteiger partial charge < -0.3 is 14.6 Å². The van der Waals surface area contributed by atoms with Crippen molar-refractivity contribution in [1.82, 2.24) is 20.4 Å². The Morgan fingerprint density at radius 1 is 1.43 bits per heavy atom. The normalized spacial score (nSPS) is 18.4. The molecule has 21 heavy (non-hydrogen) atoms. The van der Waals surface area contributed by atoms with Crippen molar-refractivity contribution in [2.24, 2.45) is 0 Å². The van der Waals surface area contributed by atoms with E-state index in [1.54, 1.807) is 18.5 Å². The van der Waals surface area contributed by atoms with Crippen molar-refractivity contribution in [3.63, 3.8) is 0 Å². The van der Waals surface area contributed by atoms with Gasteiger partial charge in [-0.15, -0.1) is 0 Å². The van der Waals surface area contributed by atoms with Crippen LogP contribution in [0, 0.1) is 0 Å². The van der Waals surface area contributed by atoms with E-state index in [1.807, 2.05) is 6.07 Å². The molecule has 1 fully saturated rings. The molecule has 1 aliphatic rings. The van der Waals surface area contributed by atoms with Gasteiger partial charge in [-0.25, -0.2) is 0 Å². The highest BCUT2D eigenvalue weighted by atomic mass is 16.5. The molecule has 3 heterocycles. The molecule has 0 radical (unpaired) electrons. The van der Waals surface area contributed by atoms with Gasteiger partial charge in [0.1, 0.15) is 6.10 Å². The Hall–Kier alpha value is -2.28. The SMILES string of the molecule is O=C(NCc1nc(-c2cccnc2)no1)[C@H]1CCCCO1. The molecule has 7 nitrogen and oxygen atoms in total. The van der Waals surface area contributed by atoms with Crippen LogP contribution in [0.1, 0.15) is 25.2 Å². The van der Waals surface area contributed by atoms with E-state index in [0.29, 0.717) is 18.3 Å². The number of rotatable bonds is 4. The summed E-state index contributed by atoms with van der Waals surface area (Å²) in [6.07, 6.45) is 5.76. The van der Waals surface area contributed by atoms with Gasteiger partial charge in [0.05, 0.1) is 6.54 Å². The fourth-order valence-electron chi connectivity index (χ4n) is 2.16. The van der Waals surface area contributed by atoms with Crippen LogP contribution in [-0.4, -0.2) is 33.7 Å². The molecule has 2 aromatic rings. The van der Waals surface area contributed by atoms with E-state index in [0.717, 1.165) is 24.8 Å². The highest BCUT2D eigenvalue weighted by Crippen LogP contribution is 2.14. The van der Waals surface area contributed by atoms with Gasteiger partial charge in [0, 0.05) is 24.6 Å². The number of ether oxygens (including phenoxy) is 1. The summed E-state index contributed by atoms with van der Waals surface area (Å²) in [5, 5.41) is 6.63. The zero-order chi connectivity index (χ0) is 14.5. The number of hydrogen-bond acceptors (Lipinski definition) is 6. The largest absolute Gasteiger partial charge is 0.368 e. The maximum absolute atomic E-state index is 11.9. The topological polar surface area (TPSA) is 90.1 Å². The predicted octanol–water partition coefficient (Wildman–Crippen LogP) is 1.32. The minimum Gasteiger partial charge on any atom is -0.368 e. The van der Waals surface area contributed by atoms with Crippen molar-refractivity contribution >= 4 is 5.91 Å². The van der Waals surface area contributed by atoms with Crippen LogP contribution in [0.2, 0.25) is 0 Å². The van der Waals surface area contributed by atoms with E-state index in [4.69, 9.17) is 9.26 Å². The number of carbonyl (C=O) groups excluding carboxylic acids is 1. The molecule has 0 unspecified atom stereocenters. The summed E-state index contributed by atoms with van der Waals surface area (Å²) in [6.45, 7) is 0.843. The van der Waals surface area contributed by atoms with Crippen LogP contribution >= 0.6 is 0 Å². The second-order valence-corrected chi connectivity index (χ2v) is 4.83. The lowest BCUT2D eigenvalue weighted by molar-refractivity contribution is -0.135. The fourth-order valence-corrected chi connectivity index (χ4v) is 2.16. The van der Waals surface area contributed by atoms with Crippen molar-refractivity contribution in [1.29, 1.82) is 0 Å². The number of amides is 1. The Kier molecular flexibility index (Phi) is 4.20. The summed E-state index contributed by atoms with van der Waals surface area (Å²) in [4.78, 5) is 20.1. The molecule has 3 rings (SSSR count). The molecule has 1 amide bonds. The summed E-state index contributed by atoms with van der Waals surface area (Å²) in [6, 6.07) is 3.64. The lowest BCUT2D eigenvalue weighted by atomic mass is 10.1. The second kappa shape index (κ2) is 6.45. The van der Waals surface area contributed by atoms with Crippen LogP contribution < -0.4 is 5.32 Å². The first kappa shape index (κ1) is 13.7. The molecule has 1 atom stereocenters. The van der Waals surface area contributed by atoms with E-state index in [-0.39, 0.29) is 18.6 Å². The van der Waals surface area contributed by atoms with Gasteiger partial charge in [0.2, 0.25) is 17.6 Å². The Labute approximate surface area is 121 Å². The van der Waals surface area contributed by atoms with Crippen LogP contribution in [0.15, 0.2) is 29.0 Å². The number of carbonyl (C=O) groups is 1. The van der Waals surface area contributed by atoms with Crippen molar-refractivity contribution in [3.8, 4) is 11.4 Å². The summed E-state index contributed by atoms with van der Waals surface area (Å²) >= 11 is 0. The van der Waals surface area contributed by atoms with Crippen LogP contribution in [0.3, 0.4) is 0 Å². The molecule has 0 saturated carbocycles. The molecule has 1 saturated heterocycles. The quantitative estimate of drug-likeness (QED) is 0.912.